The number of aryl methyl sites for hydroxylation is 3. The molecule has 7 nitrogen and oxygen atoms in total. The Morgan fingerprint density at radius 2 is 1.81 bits per heavy atom. The van der Waals surface area contributed by atoms with E-state index in [1.54, 1.807) is 18.2 Å². The van der Waals surface area contributed by atoms with Gasteiger partial charge in [-0.25, -0.2) is 4.39 Å². The maximum absolute atomic E-state index is 13.3. The molecule has 36 heavy (non-hydrogen) atoms. The number of rotatable bonds is 9. The van der Waals surface area contributed by atoms with Crippen molar-refractivity contribution in [2.24, 2.45) is 0 Å². The quantitative estimate of drug-likeness (QED) is 0.125. The van der Waals surface area contributed by atoms with E-state index in [4.69, 9.17) is 4.74 Å². The van der Waals surface area contributed by atoms with Gasteiger partial charge in [-0.3, -0.25) is 14.7 Å². The normalized spacial score (nSPS) is 11.9. The summed E-state index contributed by atoms with van der Waals surface area (Å²) in [6.45, 7) is 5.79. The lowest BCUT2D eigenvalue weighted by Crippen LogP contribution is -2.13. The molecule has 0 N–H and O–H groups in total. The van der Waals surface area contributed by atoms with Crippen LogP contribution in [0.3, 0.4) is 0 Å². The number of nitro groups is 1. The highest BCUT2D eigenvalue weighted by atomic mass is 79.9. The number of aromatic nitrogens is 3. The highest BCUT2D eigenvalue weighted by Gasteiger charge is 2.27. The van der Waals surface area contributed by atoms with Crippen molar-refractivity contribution in [1.29, 1.82) is 0 Å². The van der Waals surface area contributed by atoms with E-state index in [1.807, 2.05) is 49.6 Å². The van der Waals surface area contributed by atoms with Crippen LogP contribution >= 0.6 is 27.7 Å². The van der Waals surface area contributed by atoms with Gasteiger partial charge in [0.05, 0.1) is 0 Å². The number of benzene rings is 3. The Bertz CT molecular complexity index is 1390. The lowest BCUT2D eigenvalue weighted by atomic mass is 10.1. The zero-order chi connectivity index (χ0) is 25.8. The van der Waals surface area contributed by atoms with Gasteiger partial charge in [0.1, 0.15) is 29.2 Å². The molecule has 0 aliphatic rings. The monoisotopic (exact) mass is 570 g/mol. The number of halogens is 2. The largest absolute Gasteiger partial charge is 0.489 e. The first-order valence-corrected chi connectivity index (χ1v) is 12.8. The molecule has 0 spiro atoms. The Kier molecular flexibility index (Phi) is 8.05. The van der Waals surface area contributed by atoms with E-state index >= 15 is 0 Å². The Hall–Kier alpha value is -3.24. The summed E-state index contributed by atoms with van der Waals surface area (Å²) in [5.74, 6) is 0.868. The summed E-state index contributed by atoms with van der Waals surface area (Å²) < 4.78 is 22.0. The van der Waals surface area contributed by atoms with Gasteiger partial charge in [-0.2, -0.15) is 0 Å². The Labute approximate surface area is 221 Å². The second kappa shape index (κ2) is 11.2. The van der Waals surface area contributed by atoms with Crippen molar-refractivity contribution >= 4 is 27.7 Å². The van der Waals surface area contributed by atoms with Crippen molar-refractivity contribution in [3.8, 4) is 11.4 Å². The van der Waals surface area contributed by atoms with E-state index in [0.717, 1.165) is 21.3 Å². The third kappa shape index (κ3) is 6.11. The predicted molar refractivity (Wildman–Crippen MR) is 141 cm³/mol. The van der Waals surface area contributed by atoms with Crippen molar-refractivity contribution in [2.75, 3.05) is 6.54 Å². The standard InChI is InChI=1S/C26H24BrFN4O3S/c1-16-4-10-22(12-17(16)2)32-18(3)29-30-26(32)36-25(14-31(33)34)23-13-20(27)7-11-24(23)35-15-19-5-8-21(28)9-6-19/h4-13,25H,14-15H2,1-3H3/t25-/m1/s1. The van der Waals surface area contributed by atoms with Gasteiger partial charge in [0.15, 0.2) is 5.16 Å². The number of hydrogen-bond donors (Lipinski definition) is 0. The first kappa shape index (κ1) is 25.8. The molecule has 10 heteroatoms. The van der Waals surface area contributed by atoms with Crippen LogP contribution in [0.25, 0.3) is 5.69 Å². The topological polar surface area (TPSA) is 83.1 Å². The number of ether oxygens (including phenoxy) is 1. The summed E-state index contributed by atoms with van der Waals surface area (Å²) in [5.41, 5.74) is 4.63. The number of thioether (sulfide) groups is 1. The first-order valence-electron chi connectivity index (χ1n) is 11.2. The van der Waals surface area contributed by atoms with E-state index in [1.165, 1.54) is 29.5 Å². The summed E-state index contributed by atoms with van der Waals surface area (Å²) in [4.78, 5) is 11.3. The molecule has 4 aromatic rings. The minimum absolute atomic E-state index is 0.197. The lowest BCUT2D eigenvalue weighted by Gasteiger charge is -2.18. The average molecular weight is 571 g/mol. The summed E-state index contributed by atoms with van der Waals surface area (Å²) in [6.07, 6.45) is 0. The van der Waals surface area contributed by atoms with Gasteiger partial charge in [-0.1, -0.05) is 45.9 Å². The Morgan fingerprint density at radius 1 is 1.06 bits per heavy atom. The second-order valence-electron chi connectivity index (χ2n) is 8.35. The zero-order valence-electron chi connectivity index (χ0n) is 19.9. The van der Waals surface area contributed by atoms with Crippen molar-refractivity contribution in [3.05, 3.63) is 109 Å². The molecule has 186 valence electrons. The molecule has 1 atom stereocenters. The predicted octanol–water partition coefficient (Wildman–Crippen LogP) is 6.78. The number of hydrogen-bond acceptors (Lipinski definition) is 6. The van der Waals surface area contributed by atoms with Crippen molar-refractivity contribution in [3.63, 3.8) is 0 Å². The number of nitrogens with zero attached hydrogens (tertiary/aromatic N) is 4. The van der Waals surface area contributed by atoms with E-state index in [0.29, 0.717) is 22.3 Å². The molecule has 4 rings (SSSR count). The summed E-state index contributed by atoms with van der Waals surface area (Å²) >= 11 is 4.75. The fourth-order valence-electron chi connectivity index (χ4n) is 3.69. The van der Waals surface area contributed by atoms with Crippen LogP contribution in [0.2, 0.25) is 0 Å². The molecule has 0 unspecified atom stereocenters. The fraction of sp³-hybridized carbons (Fsp3) is 0.231. The van der Waals surface area contributed by atoms with Crippen LogP contribution in [-0.2, 0) is 6.61 Å². The summed E-state index contributed by atoms with van der Waals surface area (Å²) in [5, 5.41) is 20.2. The lowest BCUT2D eigenvalue weighted by molar-refractivity contribution is -0.479. The van der Waals surface area contributed by atoms with Gasteiger partial charge in [0, 0.05) is 20.6 Å². The molecule has 0 aliphatic heterocycles. The van der Waals surface area contributed by atoms with Gasteiger partial charge in [-0.15, -0.1) is 10.2 Å². The molecule has 1 aromatic heterocycles. The highest BCUT2D eigenvalue weighted by Crippen LogP contribution is 2.41. The molecule has 0 saturated heterocycles. The van der Waals surface area contributed by atoms with Crippen molar-refractivity contribution < 1.29 is 14.1 Å². The zero-order valence-corrected chi connectivity index (χ0v) is 22.3. The van der Waals surface area contributed by atoms with E-state index in [2.05, 4.69) is 32.2 Å². The Balaban J connectivity index is 1.68. The van der Waals surface area contributed by atoms with Crippen LogP contribution in [0.1, 0.15) is 33.3 Å². The molecule has 1 heterocycles. The highest BCUT2D eigenvalue weighted by molar-refractivity contribution is 9.10. The molecule has 0 aliphatic carbocycles. The van der Waals surface area contributed by atoms with Gasteiger partial charge in [-0.05, 0) is 79.9 Å². The third-order valence-electron chi connectivity index (χ3n) is 5.73. The molecule has 0 fully saturated rings. The van der Waals surface area contributed by atoms with Gasteiger partial charge < -0.3 is 4.74 Å². The third-order valence-corrected chi connectivity index (χ3v) is 7.39. The fourth-order valence-corrected chi connectivity index (χ4v) is 5.26. The van der Waals surface area contributed by atoms with Crippen LogP contribution in [0.5, 0.6) is 5.75 Å². The maximum atomic E-state index is 13.3. The summed E-state index contributed by atoms with van der Waals surface area (Å²) in [7, 11) is 0. The molecular weight excluding hydrogens is 547 g/mol. The van der Waals surface area contributed by atoms with Crippen molar-refractivity contribution in [2.45, 2.75) is 37.8 Å². The minimum Gasteiger partial charge on any atom is -0.489 e. The molecule has 0 saturated carbocycles. The maximum Gasteiger partial charge on any atom is 0.220 e. The van der Waals surface area contributed by atoms with E-state index in [-0.39, 0.29) is 23.9 Å². The van der Waals surface area contributed by atoms with Crippen LogP contribution in [0.4, 0.5) is 4.39 Å². The molecule has 0 bridgehead atoms. The molecule has 3 aromatic carbocycles. The van der Waals surface area contributed by atoms with Crippen LogP contribution in [0.15, 0.2) is 70.3 Å². The van der Waals surface area contributed by atoms with E-state index < -0.39 is 5.25 Å². The van der Waals surface area contributed by atoms with Crippen LogP contribution in [-0.4, -0.2) is 26.2 Å². The molecule has 0 radical (unpaired) electrons. The molecular formula is C26H24BrFN4O3S. The van der Waals surface area contributed by atoms with Crippen LogP contribution < -0.4 is 4.74 Å². The average Bonchev–Trinajstić information content (AvgIpc) is 3.20. The Morgan fingerprint density at radius 3 is 2.50 bits per heavy atom. The summed E-state index contributed by atoms with van der Waals surface area (Å²) in [6, 6.07) is 17.5. The minimum atomic E-state index is -0.602. The SMILES string of the molecule is Cc1ccc(-n2c(C)nnc2S[C@H](C[N+](=O)[O-])c2cc(Br)ccc2OCc2ccc(F)cc2)cc1C. The van der Waals surface area contributed by atoms with Crippen molar-refractivity contribution in [1.82, 2.24) is 14.8 Å². The van der Waals surface area contributed by atoms with Gasteiger partial charge in [0.25, 0.3) is 0 Å². The van der Waals surface area contributed by atoms with E-state index in [9.17, 15) is 14.5 Å². The van der Waals surface area contributed by atoms with Gasteiger partial charge in [0.2, 0.25) is 6.54 Å². The molecule has 0 amide bonds. The smallest absolute Gasteiger partial charge is 0.220 e. The van der Waals surface area contributed by atoms with Crippen LogP contribution in [0, 0.1) is 36.7 Å². The first-order chi connectivity index (χ1) is 17.2. The van der Waals surface area contributed by atoms with Gasteiger partial charge >= 0.3 is 0 Å². The second-order valence-corrected chi connectivity index (χ2v) is 10.4.